The number of alkyl halides is 1. The van der Waals surface area contributed by atoms with E-state index in [-0.39, 0.29) is 17.7 Å². The lowest BCUT2D eigenvalue weighted by Gasteiger charge is -2.17. The van der Waals surface area contributed by atoms with E-state index in [1.807, 2.05) is 13.8 Å². The Morgan fingerprint density at radius 1 is 1.43 bits per heavy atom. The van der Waals surface area contributed by atoms with Crippen molar-refractivity contribution >= 4 is 5.91 Å². The SMILES string of the molecule is CC(C)CC(=O)N1C[C@@H](CF)[C@H](c2nc(C3CC3)n[nH]2)C1. The summed E-state index contributed by atoms with van der Waals surface area (Å²) in [6.45, 7) is 4.67. The quantitative estimate of drug-likeness (QED) is 0.906. The second kappa shape index (κ2) is 5.73. The van der Waals surface area contributed by atoms with E-state index in [4.69, 9.17) is 0 Å². The van der Waals surface area contributed by atoms with Crippen molar-refractivity contribution in [2.75, 3.05) is 19.8 Å². The van der Waals surface area contributed by atoms with Crippen molar-refractivity contribution in [2.45, 2.75) is 44.9 Å². The van der Waals surface area contributed by atoms with Gasteiger partial charge in [-0.3, -0.25) is 14.3 Å². The molecule has 0 aromatic carbocycles. The topological polar surface area (TPSA) is 61.9 Å². The van der Waals surface area contributed by atoms with Gasteiger partial charge in [0, 0.05) is 37.3 Å². The zero-order valence-electron chi connectivity index (χ0n) is 12.7. The van der Waals surface area contributed by atoms with Crippen molar-refractivity contribution in [1.82, 2.24) is 20.1 Å². The number of hydrogen-bond donors (Lipinski definition) is 1. The summed E-state index contributed by atoms with van der Waals surface area (Å²) in [6, 6.07) is 0. The summed E-state index contributed by atoms with van der Waals surface area (Å²) in [6.07, 6.45) is 2.82. The molecule has 2 fully saturated rings. The van der Waals surface area contributed by atoms with Gasteiger partial charge in [-0.1, -0.05) is 13.8 Å². The molecule has 2 heterocycles. The Bertz CT molecular complexity index is 512. The van der Waals surface area contributed by atoms with Gasteiger partial charge in [0.15, 0.2) is 5.82 Å². The van der Waals surface area contributed by atoms with E-state index < -0.39 is 6.67 Å². The average Bonchev–Trinajstić information content (AvgIpc) is 3.02. The molecule has 5 nitrogen and oxygen atoms in total. The van der Waals surface area contributed by atoms with Crippen LogP contribution in [0.1, 0.15) is 56.6 Å². The Morgan fingerprint density at radius 2 is 2.19 bits per heavy atom. The van der Waals surface area contributed by atoms with E-state index in [1.54, 1.807) is 4.90 Å². The molecule has 21 heavy (non-hydrogen) atoms. The van der Waals surface area contributed by atoms with Crippen LogP contribution in [0.25, 0.3) is 0 Å². The van der Waals surface area contributed by atoms with Gasteiger partial charge in [0.2, 0.25) is 5.91 Å². The molecule has 116 valence electrons. The highest BCUT2D eigenvalue weighted by atomic mass is 19.1. The molecule has 6 heteroatoms. The van der Waals surface area contributed by atoms with Gasteiger partial charge >= 0.3 is 0 Å². The zero-order chi connectivity index (χ0) is 15.0. The molecule has 3 rings (SSSR count). The number of nitrogens with one attached hydrogen (secondary N) is 1. The van der Waals surface area contributed by atoms with Gasteiger partial charge in [-0.15, -0.1) is 0 Å². The van der Waals surface area contributed by atoms with Crippen LogP contribution in [0.5, 0.6) is 0 Å². The first-order valence-electron chi connectivity index (χ1n) is 7.84. The number of aromatic nitrogens is 3. The van der Waals surface area contributed by atoms with Crippen LogP contribution in [0.15, 0.2) is 0 Å². The highest BCUT2D eigenvalue weighted by molar-refractivity contribution is 5.76. The molecule has 0 spiro atoms. The van der Waals surface area contributed by atoms with Gasteiger partial charge in [0.25, 0.3) is 0 Å². The lowest BCUT2D eigenvalue weighted by atomic mass is 9.97. The van der Waals surface area contributed by atoms with Gasteiger partial charge in [-0.25, -0.2) is 4.98 Å². The van der Waals surface area contributed by atoms with Crippen LogP contribution in [0.2, 0.25) is 0 Å². The Kier molecular flexibility index (Phi) is 3.95. The minimum absolute atomic E-state index is 0.0499. The highest BCUT2D eigenvalue weighted by Crippen LogP contribution is 2.39. The van der Waals surface area contributed by atoms with Crippen molar-refractivity contribution in [2.24, 2.45) is 11.8 Å². The van der Waals surface area contributed by atoms with Crippen LogP contribution in [0.4, 0.5) is 4.39 Å². The number of likely N-dealkylation sites (tertiary alicyclic amines) is 1. The summed E-state index contributed by atoms with van der Waals surface area (Å²) in [5.41, 5.74) is 0. The van der Waals surface area contributed by atoms with E-state index in [2.05, 4.69) is 15.2 Å². The minimum atomic E-state index is -0.421. The molecular weight excluding hydrogens is 271 g/mol. The molecule has 1 saturated carbocycles. The lowest BCUT2D eigenvalue weighted by Crippen LogP contribution is -2.30. The molecule has 1 aromatic heterocycles. The summed E-state index contributed by atoms with van der Waals surface area (Å²) in [4.78, 5) is 18.5. The maximum atomic E-state index is 13.3. The number of amides is 1. The van der Waals surface area contributed by atoms with Crippen LogP contribution < -0.4 is 0 Å². The van der Waals surface area contributed by atoms with Crippen molar-refractivity contribution in [1.29, 1.82) is 0 Å². The molecular formula is C15H23FN4O. The van der Waals surface area contributed by atoms with Crippen LogP contribution in [0.3, 0.4) is 0 Å². The summed E-state index contributed by atoms with van der Waals surface area (Å²) in [7, 11) is 0. The van der Waals surface area contributed by atoms with Crippen LogP contribution >= 0.6 is 0 Å². The van der Waals surface area contributed by atoms with Gasteiger partial charge in [0.1, 0.15) is 5.82 Å². The van der Waals surface area contributed by atoms with E-state index in [1.165, 1.54) is 0 Å². The highest BCUT2D eigenvalue weighted by Gasteiger charge is 2.39. The second-order valence-corrected chi connectivity index (χ2v) is 6.77. The monoisotopic (exact) mass is 294 g/mol. The second-order valence-electron chi connectivity index (χ2n) is 6.77. The number of nitrogens with zero attached hydrogens (tertiary/aromatic N) is 3. The Labute approximate surface area is 124 Å². The van der Waals surface area contributed by atoms with Gasteiger partial charge < -0.3 is 4.90 Å². The van der Waals surface area contributed by atoms with Crippen LogP contribution in [-0.4, -0.2) is 45.8 Å². The largest absolute Gasteiger partial charge is 0.342 e. The third kappa shape index (κ3) is 3.09. The third-order valence-corrected chi connectivity index (χ3v) is 4.39. The fraction of sp³-hybridized carbons (Fsp3) is 0.800. The fourth-order valence-corrected chi connectivity index (χ4v) is 3.00. The minimum Gasteiger partial charge on any atom is -0.342 e. The molecule has 0 radical (unpaired) electrons. The first-order valence-corrected chi connectivity index (χ1v) is 7.84. The number of carbonyl (C=O) groups excluding carboxylic acids is 1. The number of rotatable bonds is 5. The predicted molar refractivity (Wildman–Crippen MR) is 76.6 cm³/mol. The molecule has 0 bridgehead atoms. The lowest BCUT2D eigenvalue weighted by molar-refractivity contribution is -0.131. The number of aromatic amines is 1. The Morgan fingerprint density at radius 3 is 2.81 bits per heavy atom. The van der Waals surface area contributed by atoms with E-state index >= 15 is 0 Å². The molecule has 2 aliphatic rings. The van der Waals surface area contributed by atoms with Gasteiger partial charge in [-0.05, 0) is 18.8 Å². The Balaban J connectivity index is 1.70. The zero-order valence-corrected chi connectivity index (χ0v) is 12.7. The molecule has 1 aliphatic carbocycles. The molecule has 1 N–H and O–H groups in total. The van der Waals surface area contributed by atoms with Gasteiger partial charge in [-0.2, -0.15) is 5.10 Å². The third-order valence-electron chi connectivity index (χ3n) is 4.39. The summed E-state index contributed by atoms with van der Waals surface area (Å²) in [5.74, 6) is 2.32. The molecule has 2 atom stereocenters. The molecule has 1 saturated heterocycles. The maximum absolute atomic E-state index is 13.3. The van der Waals surface area contributed by atoms with E-state index in [0.717, 1.165) is 24.5 Å². The van der Waals surface area contributed by atoms with E-state index in [0.29, 0.717) is 31.3 Å². The first kappa shape index (κ1) is 14.5. The van der Waals surface area contributed by atoms with Crippen molar-refractivity contribution in [3.8, 4) is 0 Å². The molecule has 1 aliphatic heterocycles. The Hall–Kier alpha value is -1.46. The smallest absolute Gasteiger partial charge is 0.222 e. The van der Waals surface area contributed by atoms with E-state index in [9.17, 15) is 9.18 Å². The number of halogens is 1. The van der Waals surface area contributed by atoms with Crippen molar-refractivity contribution in [3.05, 3.63) is 11.6 Å². The summed E-state index contributed by atoms with van der Waals surface area (Å²) < 4.78 is 13.3. The summed E-state index contributed by atoms with van der Waals surface area (Å²) in [5, 5.41) is 7.22. The molecule has 1 amide bonds. The number of H-pyrrole nitrogens is 1. The van der Waals surface area contributed by atoms with Gasteiger partial charge in [0.05, 0.1) is 6.67 Å². The average molecular weight is 294 g/mol. The van der Waals surface area contributed by atoms with Crippen molar-refractivity contribution < 1.29 is 9.18 Å². The maximum Gasteiger partial charge on any atom is 0.222 e. The molecule has 0 unspecified atom stereocenters. The number of carbonyl (C=O) groups is 1. The normalized spacial score (nSPS) is 25.8. The summed E-state index contributed by atoms with van der Waals surface area (Å²) >= 11 is 0. The van der Waals surface area contributed by atoms with Crippen molar-refractivity contribution in [3.63, 3.8) is 0 Å². The predicted octanol–water partition coefficient (Wildman–Crippen LogP) is 2.24. The van der Waals surface area contributed by atoms with Crippen LogP contribution in [-0.2, 0) is 4.79 Å². The number of hydrogen-bond acceptors (Lipinski definition) is 3. The standard InChI is InChI=1S/C15H23FN4O/c1-9(2)5-13(21)20-7-11(6-16)12(8-20)15-17-14(18-19-15)10-3-4-10/h9-12H,3-8H2,1-2H3,(H,17,18,19)/t11-,12-/m1/s1. The molecule has 1 aromatic rings. The fourth-order valence-electron chi connectivity index (χ4n) is 3.00. The first-order chi connectivity index (χ1) is 10.1. The van der Waals surface area contributed by atoms with Crippen LogP contribution in [0, 0.1) is 11.8 Å².